The summed E-state index contributed by atoms with van der Waals surface area (Å²) in [6.07, 6.45) is 2.91. The number of benzene rings is 2. The first-order valence-electron chi connectivity index (χ1n) is 12.7. The number of nitrogens with zero attached hydrogens (tertiary/aromatic N) is 4. The van der Waals surface area contributed by atoms with Gasteiger partial charge in [-0.1, -0.05) is 6.07 Å². The number of fused-ring (bicyclic) bond motifs is 2. The van der Waals surface area contributed by atoms with Crippen LogP contribution in [0.3, 0.4) is 0 Å². The molecule has 1 amide bonds. The van der Waals surface area contributed by atoms with Crippen LogP contribution in [0.1, 0.15) is 40.0 Å². The molecule has 3 aromatic rings. The summed E-state index contributed by atoms with van der Waals surface area (Å²) in [5, 5.41) is 19.2. The summed E-state index contributed by atoms with van der Waals surface area (Å²) in [7, 11) is 2.16. The van der Waals surface area contributed by atoms with E-state index >= 15 is 0 Å². The lowest BCUT2D eigenvalue weighted by Gasteiger charge is -2.34. The van der Waals surface area contributed by atoms with Crippen LogP contribution in [-0.4, -0.2) is 77.5 Å². The first-order valence-corrected chi connectivity index (χ1v) is 12.7. The molecule has 2 N–H and O–H groups in total. The van der Waals surface area contributed by atoms with Crippen molar-refractivity contribution in [3.8, 4) is 5.75 Å². The zero-order chi connectivity index (χ0) is 23.9. The number of ether oxygens (including phenoxy) is 1. The molecule has 8 nitrogen and oxygen atoms in total. The van der Waals surface area contributed by atoms with Gasteiger partial charge in [0.25, 0.3) is 5.91 Å². The van der Waals surface area contributed by atoms with Crippen molar-refractivity contribution in [2.75, 3.05) is 51.3 Å². The van der Waals surface area contributed by atoms with Gasteiger partial charge in [-0.2, -0.15) is 5.10 Å². The summed E-state index contributed by atoms with van der Waals surface area (Å²) in [5.41, 5.74) is 5.68. The number of likely N-dealkylation sites (N-methyl/N-ethyl adjacent to an activating group) is 1. The Morgan fingerprint density at radius 2 is 1.86 bits per heavy atom. The fourth-order valence-electron chi connectivity index (χ4n) is 5.61. The number of phenols is 1. The fraction of sp³-hybridized carbons (Fsp3) is 0.481. The number of rotatable bonds is 4. The van der Waals surface area contributed by atoms with Gasteiger partial charge in [-0.3, -0.25) is 9.89 Å². The molecule has 0 spiro atoms. The Hall–Kier alpha value is -3.10. The Kier molecular flexibility index (Phi) is 5.86. The zero-order valence-corrected chi connectivity index (χ0v) is 20.3. The molecule has 0 saturated carbocycles. The van der Waals surface area contributed by atoms with Gasteiger partial charge in [0, 0.05) is 69.6 Å². The summed E-state index contributed by atoms with van der Waals surface area (Å²) in [4.78, 5) is 20.1. The maximum atomic E-state index is 13.5. The van der Waals surface area contributed by atoms with Crippen molar-refractivity contribution in [2.45, 2.75) is 32.4 Å². The second kappa shape index (κ2) is 9.17. The number of hydrogen-bond donors (Lipinski definition) is 2. The third-order valence-electron chi connectivity index (χ3n) is 7.88. The molecule has 3 aliphatic heterocycles. The number of piperazine rings is 1. The highest BCUT2D eigenvalue weighted by Crippen LogP contribution is 2.33. The Labute approximate surface area is 205 Å². The number of carbonyl (C=O) groups is 1. The Morgan fingerprint density at radius 3 is 2.66 bits per heavy atom. The maximum Gasteiger partial charge on any atom is 0.258 e. The van der Waals surface area contributed by atoms with E-state index in [0.717, 1.165) is 75.3 Å². The standard InChI is InChI=1S/C27H33N5O3/c1-30-6-8-31(9-7-30)21-3-2-19-16-32(17-20(19)13-21)27(34)23-14-22-24(12-18-4-10-35-11-5-18)28-29-25(22)15-26(23)33/h2-3,13-15,18,33H,4-12,16-17H2,1H3,(H,28,29). The van der Waals surface area contributed by atoms with Crippen LogP contribution in [-0.2, 0) is 24.2 Å². The van der Waals surface area contributed by atoms with E-state index < -0.39 is 0 Å². The minimum absolute atomic E-state index is 0.00199. The first-order chi connectivity index (χ1) is 17.0. The lowest BCUT2D eigenvalue weighted by Crippen LogP contribution is -2.44. The van der Waals surface area contributed by atoms with Gasteiger partial charge < -0.3 is 24.5 Å². The van der Waals surface area contributed by atoms with E-state index in [1.165, 1.54) is 16.8 Å². The average molecular weight is 476 g/mol. The molecule has 2 saturated heterocycles. The number of aromatic amines is 1. The van der Waals surface area contributed by atoms with Crippen LogP contribution in [0.2, 0.25) is 0 Å². The number of amides is 1. The quantitative estimate of drug-likeness (QED) is 0.603. The number of anilines is 1. The normalized spacial score (nSPS) is 19.5. The third kappa shape index (κ3) is 4.36. The lowest BCUT2D eigenvalue weighted by molar-refractivity contribution is 0.0663. The number of nitrogens with one attached hydrogen (secondary N) is 1. The zero-order valence-electron chi connectivity index (χ0n) is 20.3. The van der Waals surface area contributed by atoms with Crippen LogP contribution >= 0.6 is 0 Å². The topological polar surface area (TPSA) is 84.9 Å². The van der Waals surface area contributed by atoms with Gasteiger partial charge >= 0.3 is 0 Å². The Bertz CT molecular complexity index is 1240. The van der Waals surface area contributed by atoms with Gasteiger partial charge in [0.2, 0.25) is 0 Å². The fourth-order valence-corrected chi connectivity index (χ4v) is 5.61. The molecule has 0 radical (unpaired) electrons. The van der Waals surface area contributed by atoms with Crippen LogP contribution in [0, 0.1) is 5.92 Å². The monoisotopic (exact) mass is 475 g/mol. The predicted molar refractivity (Wildman–Crippen MR) is 135 cm³/mol. The van der Waals surface area contributed by atoms with Crippen molar-refractivity contribution in [3.63, 3.8) is 0 Å². The number of hydrogen-bond acceptors (Lipinski definition) is 6. The second-order valence-corrected chi connectivity index (χ2v) is 10.2. The molecule has 0 aliphatic carbocycles. The summed E-state index contributed by atoms with van der Waals surface area (Å²) in [6.45, 7) is 6.89. The number of aromatic hydroxyl groups is 1. The SMILES string of the molecule is CN1CCN(c2ccc3c(c2)CN(C(=O)c2cc4c(CC5CCOCC5)n[nH]c4cc2O)C3)CC1. The highest BCUT2D eigenvalue weighted by molar-refractivity contribution is 6.01. The van der Waals surface area contributed by atoms with Gasteiger partial charge in [-0.25, -0.2) is 0 Å². The van der Waals surface area contributed by atoms with E-state index in [0.29, 0.717) is 24.6 Å². The molecular weight excluding hydrogens is 442 g/mol. The van der Waals surface area contributed by atoms with Gasteiger partial charge in [-0.05, 0) is 61.6 Å². The molecule has 6 rings (SSSR count). The number of carbonyl (C=O) groups excluding carboxylic acids is 1. The van der Waals surface area contributed by atoms with Gasteiger partial charge in [-0.15, -0.1) is 0 Å². The molecule has 1 aromatic heterocycles. The van der Waals surface area contributed by atoms with Gasteiger partial charge in [0.15, 0.2) is 0 Å². The molecule has 4 heterocycles. The van der Waals surface area contributed by atoms with Crippen molar-refractivity contribution in [3.05, 3.63) is 52.7 Å². The highest BCUT2D eigenvalue weighted by atomic mass is 16.5. The molecule has 2 fully saturated rings. The van der Waals surface area contributed by atoms with E-state index in [2.05, 4.69) is 45.2 Å². The highest BCUT2D eigenvalue weighted by Gasteiger charge is 2.28. The van der Waals surface area contributed by atoms with E-state index in [1.54, 1.807) is 6.07 Å². The molecular formula is C27H33N5O3. The summed E-state index contributed by atoms with van der Waals surface area (Å²) >= 11 is 0. The molecule has 35 heavy (non-hydrogen) atoms. The minimum atomic E-state index is -0.139. The van der Waals surface area contributed by atoms with E-state index in [1.807, 2.05) is 11.0 Å². The largest absolute Gasteiger partial charge is 0.507 e. The van der Waals surface area contributed by atoms with Crippen LogP contribution in [0.5, 0.6) is 5.75 Å². The first kappa shape index (κ1) is 22.4. The lowest BCUT2D eigenvalue weighted by atomic mass is 9.93. The molecule has 0 atom stereocenters. The number of H-pyrrole nitrogens is 1. The van der Waals surface area contributed by atoms with E-state index in [9.17, 15) is 9.90 Å². The van der Waals surface area contributed by atoms with Crippen molar-refractivity contribution in [2.24, 2.45) is 5.92 Å². The van der Waals surface area contributed by atoms with Crippen molar-refractivity contribution < 1.29 is 14.6 Å². The number of aromatic nitrogens is 2. The van der Waals surface area contributed by atoms with Crippen LogP contribution in [0.15, 0.2) is 30.3 Å². The smallest absolute Gasteiger partial charge is 0.258 e. The third-order valence-corrected chi connectivity index (χ3v) is 7.88. The van der Waals surface area contributed by atoms with Gasteiger partial charge in [0.1, 0.15) is 5.75 Å². The molecule has 0 bridgehead atoms. The average Bonchev–Trinajstić information content (AvgIpc) is 3.47. The van der Waals surface area contributed by atoms with E-state index in [-0.39, 0.29) is 11.7 Å². The molecule has 0 unspecified atom stereocenters. The number of phenolic OH excluding ortho intramolecular Hbond substituents is 1. The maximum absolute atomic E-state index is 13.5. The van der Waals surface area contributed by atoms with Crippen molar-refractivity contribution >= 4 is 22.5 Å². The minimum Gasteiger partial charge on any atom is -0.507 e. The summed E-state index contributed by atoms with van der Waals surface area (Å²) in [5.74, 6) is 0.392. The molecule has 3 aliphatic rings. The van der Waals surface area contributed by atoms with E-state index in [4.69, 9.17) is 4.74 Å². The molecule has 8 heteroatoms. The Balaban J connectivity index is 1.21. The molecule has 184 valence electrons. The van der Waals surface area contributed by atoms with Crippen molar-refractivity contribution in [1.29, 1.82) is 0 Å². The Morgan fingerprint density at radius 1 is 1.09 bits per heavy atom. The van der Waals surface area contributed by atoms with Crippen LogP contribution < -0.4 is 4.90 Å². The van der Waals surface area contributed by atoms with Crippen LogP contribution in [0.4, 0.5) is 5.69 Å². The molecule has 2 aromatic carbocycles. The second-order valence-electron chi connectivity index (χ2n) is 10.2. The van der Waals surface area contributed by atoms with Gasteiger partial charge in [0.05, 0.1) is 16.8 Å². The predicted octanol–water partition coefficient (Wildman–Crippen LogP) is 3.15. The van der Waals surface area contributed by atoms with Crippen LogP contribution in [0.25, 0.3) is 10.9 Å². The summed E-state index contributed by atoms with van der Waals surface area (Å²) in [6, 6.07) is 10.0. The summed E-state index contributed by atoms with van der Waals surface area (Å²) < 4.78 is 5.49. The van der Waals surface area contributed by atoms with Crippen molar-refractivity contribution in [1.82, 2.24) is 20.0 Å².